The maximum atomic E-state index is 12.2. The lowest BCUT2D eigenvalue weighted by molar-refractivity contribution is -0.121. The molecule has 1 aromatic carbocycles. The first kappa shape index (κ1) is 17.3. The highest BCUT2D eigenvalue weighted by molar-refractivity contribution is 8.18. The van der Waals surface area contributed by atoms with Crippen LogP contribution in [0.1, 0.15) is 16.1 Å². The third-order valence-electron chi connectivity index (χ3n) is 3.57. The Hall–Kier alpha value is -2.51. The Balaban J connectivity index is 1.96. The Morgan fingerprint density at radius 1 is 1.36 bits per heavy atom. The number of halogens is 1. The van der Waals surface area contributed by atoms with E-state index in [1.165, 1.54) is 22.7 Å². The summed E-state index contributed by atoms with van der Waals surface area (Å²) < 4.78 is 5.71. The number of hydrogen-bond acceptors (Lipinski definition) is 5. The van der Waals surface area contributed by atoms with Gasteiger partial charge < -0.3 is 9.52 Å². The predicted molar refractivity (Wildman–Crippen MR) is 97.8 cm³/mol. The van der Waals surface area contributed by atoms with Crippen LogP contribution in [0, 0.1) is 0 Å². The Bertz CT molecular complexity index is 932. The number of amidine groups is 1. The van der Waals surface area contributed by atoms with E-state index in [2.05, 4.69) is 4.99 Å². The largest absolute Gasteiger partial charge is 0.478 e. The van der Waals surface area contributed by atoms with Crippen LogP contribution in [0.4, 0.5) is 0 Å². The second-order valence-corrected chi connectivity index (χ2v) is 6.62. The molecule has 25 heavy (non-hydrogen) atoms. The van der Waals surface area contributed by atoms with Gasteiger partial charge in [-0.05, 0) is 42.1 Å². The van der Waals surface area contributed by atoms with Gasteiger partial charge >= 0.3 is 5.97 Å². The molecule has 0 spiro atoms. The van der Waals surface area contributed by atoms with Crippen LogP contribution in [0.3, 0.4) is 0 Å². The number of likely N-dealkylation sites (N-methyl/N-ethyl adjacent to an activating group) is 1. The topological polar surface area (TPSA) is 83.1 Å². The number of furan rings is 1. The molecule has 1 aromatic heterocycles. The fraction of sp³-hybridized carbons (Fsp3) is 0.118. The highest BCUT2D eigenvalue weighted by Crippen LogP contribution is 2.33. The van der Waals surface area contributed by atoms with Crippen molar-refractivity contribution < 1.29 is 19.1 Å². The average molecular weight is 377 g/mol. The molecular formula is C17H13ClN2O4S. The molecule has 0 bridgehead atoms. The fourth-order valence-corrected chi connectivity index (χ4v) is 3.44. The minimum atomic E-state index is -1.10. The van der Waals surface area contributed by atoms with Crippen LogP contribution < -0.4 is 0 Å². The second-order valence-electron chi connectivity index (χ2n) is 5.18. The summed E-state index contributed by atoms with van der Waals surface area (Å²) in [6.07, 6.45) is 1.61. The van der Waals surface area contributed by atoms with Gasteiger partial charge in [0.05, 0.1) is 10.5 Å². The van der Waals surface area contributed by atoms with E-state index in [-0.39, 0.29) is 11.5 Å². The lowest BCUT2D eigenvalue weighted by atomic mass is 10.1. The van der Waals surface area contributed by atoms with Gasteiger partial charge in [0, 0.05) is 30.8 Å². The van der Waals surface area contributed by atoms with Gasteiger partial charge in [0.15, 0.2) is 5.17 Å². The number of carbonyl (C=O) groups excluding carboxylic acids is 1. The van der Waals surface area contributed by atoms with E-state index in [0.717, 1.165) is 0 Å². The summed E-state index contributed by atoms with van der Waals surface area (Å²) in [5, 5.41) is 10.3. The highest BCUT2D eigenvalue weighted by atomic mass is 35.5. The monoisotopic (exact) mass is 376 g/mol. The number of aliphatic imine (C=N–C) groups is 1. The van der Waals surface area contributed by atoms with Gasteiger partial charge in [-0.2, -0.15) is 0 Å². The molecule has 3 rings (SSSR count). The number of aromatic carboxylic acids is 1. The van der Waals surface area contributed by atoms with Gasteiger partial charge in [-0.25, -0.2) is 4.79 Å². The summed E-state index contributed by atoms with van der Waals surface area (Å²) in [5.41, 5.74) is 0.465. The summed E-state index contributed by atoms with van der Waals surface area (Å²) in [4.78, 5) is 29.5. The van der Waals surface area contributed by atoms with Crippen molar-refractivity contribution in [3.05, 3.63) is 51.6 Å². The molecule has 1 saturated heterocycles. The lowest BCUT2D eigenvalue weighted by Crippen LogP contribution is -2.23. The Morgan fingerprint density at radius 2 is 2.12 bits per heavy atom. The third kappa shape index (κ3) is 3.33. The highest BCUT2D eigenvalue weighted by Gasteiger charge is 2.30. The number of amides is 1. The SMILES string of the molecule is CN=C1S/C(=C/c2ccc(-c3ccc(Cl)cc3C(=O)O)o2)C(=O)N1C. The number of nitrogens with zero attached hydrogens (tertiary/aromatic N) is 2. The van der Waals surface area contributed by atoms with Gasteiger partial charge in [0.2, 0.25) is 0 Å². The van der Waals surface area contributed by atoms with Crippen molar-refractivity contribution in [2.45, 2.75) is 0 Å². The molecule has 0 unspecified atom stereocenters. The Labute approximate surface area is 152 Å². The first-order chi connectivity index (χ1) is 11.9. The maximum Gasteiger partial charge on any atom is 0.336 e. The zero-order valence-electron chi connectivity index (χ0n) is 13.3. The smallest absolute Gasteiger partial charge is 0.336 e. The van der Waals surface area contributed by atoms with Crippen LogP contribution in [0.5, 0.6) is 0 Å². The van der Waals surface area contributed by atoms with Crippen LogP contribution in [-0.2, 0) is 4.79 Å². The standard InChI is InChI=1S/C17H13ClN2O4S/c1-19-17-20(2)15(21)14(25-17)8-10-4-6-13(24-10)11-5-3-9(18)7-12(11)16(22)23/h3-8H,1-2H3,(H,22,23)/b14-8+,19-17?. The molecule has 0 radical (unpaired) electrons. The van der Waals surface area contributed by atoms with Gasteiger partial charge in [-0.3, -0.25) is 14.7 Å². The molecule has 2 heterocycles. The van der Waals surface area contributed by atoms with E-state index in [1.54, 1.807) is 44.4 Å². The first-order valence-corrected chi connectivity index (χ1v) is 8.37. The molecular weight excluding hydrogens is 364 g/mol. The average Bonchev–Trinajstić information content (AvgIpc) is 3.15. The zero-order valence-corrected chi connectivity index (χ0v) is 14.9. The number of hydrogen-bond donors (Lipinski definition) is 1. The molecule has 0 aliphatic carbocycles. The molecule has 6 nitrogen and oxygen atoms in total. The number of thioether (sulfide) groups is 1. The van der Waals surface area contributed by atoms with Crippen LogP contribution in [0.2, 0.25) is 5.02 Å². The number of rotatable bonds is 3. The third-order valence-corrected chi connectivity index (χ3v) is 4.96. The lowest BCUT2D eigenvalue weighted by Gasteiger charge is -2.05. The Kier molecular flexibility index (Phi) is 4.69. The van der Waals surface area contributed by atoms with Crippen LogP contribution in [0.15, 0.2) is 44.6 Å². The molecule has 8 heteroatoms. The molecule has 1 aliphatic rings. The molecule has 1 N–H and O–H groups in total. The fourth-order valence-electron chi connectivity index (χ4n) is 2.36. The zero-order chi connectivity index (χ0) is 18.1. The van der Waals surface area contributed by atoms with Crippen LogP contribution in [-0.4, -0.2) is 41.1 Å². The van der Waals surface area contributed by atoms with E-state index in [1.807, 2.05) is 0 Å². The van der Waals surface area contributed by atoms with E-state index in [9.17, 15) is 14.7 Å². The van der Waals surface area contributed by atoms with Gasteiger partial charge in [-0.15, -0.1) is 0 Å². The van der Waals surface area contributed by atoms with Gasteiger partial charge in [-0.1, -0.05) is 11.6 Å². The van der Waals surface area contributed by atoms with Crippen molar-refractivity contribution in [2.75, 3.05) is 14.1 Å². The maximum absolute atomic E-state index is 12.2. The van der Waals surface area contributed by atoms with Crippen molar-refractivity contribution in [3.63, 3.8) is 0 Å². The van der Waals surface area contributed by atoms with E-state index in [0.29, 0.717) is 32.2 Å². The second kappa shape index (κ2) is 6.78. The molecule has 2 aromatic rings. The summed E-state index contributed by atoms with van der Waals surface area (Å²) >= 11 is 7.12. The minimum absolute atomic E-state index is 0.0486. The normalized spacial score (nSPS) is 17.7. The number of carbonyl (C=O) groups is 2. The molecule has 1 aliphatic heterocycles. The van der Waals surface area contributed by atoms with Crippen LogP contribution in [0.25, 0.3) is 17.4 Å². The van der Waals surface area contributed by atoms with Gasteiger partial charge in [0.25, 0.3) is 5.91 Å². The van der Waals surface area contributed by atoms with Crippen molar-refractivity contribution in [1.29, 1.82) is 0 Å². The molecule has 1 fully saturated rings. The summed E-state index contributed by atoms with van der Waals surface area (Å²) in [6.45, 7) is 0. The number of benzene rings is 1. The van der Waals surface area contributed by atoms with E-state index >= 15 is 0 Å². The molecule has 1 amide bonds. The van der Waals surface area contributed by atoms with Gasteiger partial charge in [0.1, 0.15) is 11.5 Å². The van der Waals surface area contributed by atoms with Crippen molar-refractivity contribution in [3.8, 4) is 11.3 Å². The molecule has 0 saturated carbocycles. The number of carboxylic acid groups (broad SMARTS) is 1. The van der Waals surface area contributed by atoms with Crippen molar-refractivity contribution >= 4 is 46.5 Å². The predicted octanol–water partition coefficient (Wildman–Crippen LogP) is 3.83. The van der Waals surface area contributed by atoms with E-state index < -0.39 is 5.97 Å². The van der Waals surface area contributed by atoms with Crippen molar-refractivity contribution in [2.24, 2.45) is 4.99 Å². The summed E-state index contributed by atoms with van der Waals surface area (Å²) in [5.74, 6) is -0.431. The first-order valence-electron chi connectivity index (χ1n) is 7.18. The Morgan fingerprint density at radius 3 is 2.76 bits per heavy atom. The minimum Gasteiger partial charge on any atom is -0.478 e. The molecule has 0 atom stereocenters. The quantitative estimate of drug-likeness (QED) is 0.823. The summed E-state index contributed by atoms with van der Waals surface area (Å²) in [6, 6.07) is 7.89. The van der Waals surface area contributed by atoms with E-state index in [4.69, 9.17) is 16.0 Å². The van der Waals surface area contributed by atoms with Crippen molar-refractivity contribution in [1.82, 2.24) is 4.90 Å². The number of carboxylic acids is 1. The van der Waals surface area contributed by atoms with Crippen LogP contribution >= 0.6 is 23.4 Å². The molecule has 128 valence electrons. The summed E-state index contributed by atoms with van der Waals surface area (Å²) in [7, 11) is 3.27.